The van der Waals surface area contributed by atoms with E-state index >= 15 is 0 Å². The molecule has 4 atom stereocenters. The van der Waals surface area contributed by atoms with Crippen LogP contribution >= 0.6 is 0 Å². The van der Waals surface area contributed by atoms with E-state index < -0.39 is 36.9 Å². The van der Waals surface area contributed by atoms with Gasteiger partial charge in [0.05, 0.1) is 13.7 Å². The van der Waals surface area contributed by atoms with Crippen molar-refractivity contribution in [2.75, 3.05) is 27.3 Å². The Kier molecular flexibility index (Phi) is 8.53. The van der Waals surface area contributed by atoms with Gasteiger partial charge < -0.3 is 35.2 Å². The molecule has 0 aliphatic heterocycles. The molecule has 1 rings (SSSR count). The minimum atomic E-state index is -1.72. The highest BCUT2D eigenvalue weighted by molar-refractivity contribution is 5.91. The second-order valence-electron chi connectivity index (χ2n) is 5.62. The van der Waals surface area contributed by atoms with Crippen LogP contribution in [0.15, 0.2) is 30.3 Å². The molecule has 0 spiro atoms. The van der Waals surface area contributed by atoms with Gasteiger partial charge in [0, 0.05) is 19.7 Å². The minimum absolute atomic E-state index is 0.262. The largest absolute Gasteiger partial charge is 0.497 e. The first-order chi connectivity index (χ1) is 11.8. The smallest absolute Gasteiger partial charge is 0.246 e. The number of rotatable bonds is 9. The van der Waals surface area contributed by atoms with Crippen LogP contribution in [0.4, 0.5) is 0 Å². The normalized spacial score (nSPS) is 16.3. The van der Waals surface area contributed by atoms with Crippen molar-refractivity contribution in [2.24, 2.45) is 0 Å². The van der Waals surface area contributed by atoms with Crippen molar-refractivity contribution in [1.82, 2.24) is 4.90 Å². The Hall–Kier alpha value is -1.97. The molecule has 0 aliphatic rings. The van der Waals surface area contributed by atoms with Gasteiger partial charge in [0.15, 0.2) is 0 Å². The van der Waals surface area contributed by atoms with E-state index in [-0.39, 0.29) is 6.54 Å². The summed E-state index contributed by atoms with van der Waals surface area (Å²) < 4.78 is 5.04. The molecule has 0 radical (unpaired) electrons. The summed E-state index contributed by atoms with van der Waals surface area (Å²) in [4.78, 5) is 13.2. The molecular weight excluding hydrogens is 330 g/mol. The van der Waals surface area contributed by atoms with Crippen LogP contribution in [0.25, 0.3) is 6.08 Å². The number of ether oxygens (including phenoxy) is 1. The maximum atomic E-state index is 12.0. The average molecular weight is 355 g/mol. The van der Waals surface area contributed by atoms with Crippen LogP contribution in [0.5, 0.6) is 5.75 Å². The van der Waals surface area contributed by atoms with Crippen LogP contribution in [0.1, 0.15) is 5.56 Å². The van der Waals surface area contributed by atoms with Crippen molar-refractivity contribution < 1.29 is 35.1 Å². The molecule has 8 heteroatoms. The Morgan fingerprint density at radius 3 is 2.20 bits per heavy atom. The number of nitrogens with zero attached hydrogens (tertiary/aromatic N) is 1. The highest BCUT2D eigenvalue weighted by Gasteiger charge is 2.31. The maximum Gasteiger partial charge on any atom is 0.246 e. The van der Waals surface area contributed by atoms with Gasteiger partial charge in [0.1, 0.15) is 30.2 Å². The highest BCUT2D eigenvalue weighted by atomic mass is 16.5. The molecule has 25 heavy (non-hydrogen) atoms. The van der Waals surface area contributed by atoms with Crippen molar-refractivity contribution in [1.29, 1.82) is 0 Å². The Balaban J connectivity index is 2.58. The summed E-state index contributed by atoms with van der Waals surface area (Å²) in [5, 5.41) is 47.1. The van der Waals surface area contributed by atoms with Gasteiger partial charge in [-0.1, -0.05) is 12.1 Å². The lowest BCUT2D eigenvalue weighted by atomic mass is 10.0. The molecule has 8 nitrogen and oxygen atoms in total. The Morgan fingerprint density at radius 1 is 1.12 bits per heavy atom. The van der Waals surface area contributed by atoms with Crippen LogP contribution < -0.4 is 4.74 Å². The Labute approximate surface area is 146 Å². The van der Waals surface area contributed by atoms with Gasteiger partial charge in [-0.05, 0) is 23.8 Å². The van der Waals surface area contributed by atoms with Crippen LogP contribution in [-0.4, -0.2) is 88.1 Å². The molecule has 1 aromatic carbocycles. The molecule has 1 amide bonds. The highest BCUT2D eigenvalue weighted by Crippen LogP contribution is 2.12. The number of methoxy groups -OCH3 is 1. The van der Waals surface area contributed by atoms with Crippen molar-refractivity contribution in [2.45, 2.75) is 24.4 Å². The van der Waals surface area contributed by atoms with Gasteiger partial charge in [-0.25, -0.2) is 0 Å². The Bertz CT molecular complexity index is 561. The zero-order valence-corrected chi connectivity index (χ0v) is 14.2. The van der Waals surface area contributed by atoms with Crippen molar-refractivity contribution in [3.63, 3.8) is 0 Å². The van der Waals surface area contributed by atoms with Gasteiger partial charge in [-0.2, -0.15) is 0 Å². The van der Waals surface area contributed by atoms with E-state index in [1.165, 1.54) is 13.1 Å². The topological polar surface area (TPSA) is 131 Å². The number of aliphatic hydroxyl groups is 5. The molecule has 0 saturated carbocycles. The van der Waals surface area contributed by atoms with E-state index in [4.69, 9.17) is 9.84 Å². The average Bonchev–Trinajstić information content (AvgIpc) is 2.64. The standard InChI is InChI=1S/C17H25NO7/c1-18(9-13(20)16(23)17(24)14(21)10-19)15(22)8-5-11-3-6-12(25-2)7-4-11/h3-8,13-14,16-17,19-21,23-24H,9-10H2,1-2H3/b8-5+/t13-,14+,16+,17+/m0/s1. The summed E-state index contributed by atoms with van der Waals surface area (Å²) in [6.07, 6.45) is -3.60. The van der Waals surface area contributed by atoms with Gasteiger partial charge in [0.2, 0.25) is 5.91 Å². The molecule has 0 aromatic heterocycles. The summed E-state index contributed by atoms with van der Waals surface area (Å²) in [6.45, 7) is -1.02. The van der Waals surface area contributed by atoms with Crippen molar-refractivity contribution >= 4 is 12.0 Å². The van der Waals surface area contributed by atoms with Crippen LogP contribution in [0.2, 0.25) is 0 Å². The molecule has 0 bridgehead atoms. The first-order valence-corrected chi connectivity index (χ1v) is 7.70. The lowest BCUT2D eigenvalue weighted by Gasteiger charge is -2.28. The molecule has 5 N–H and O–H groups in total. The van der Waals surface area contributed by atoms with Crippen molar-refractivity contribution in [3.8, 4) is 5.75 Å². The van der Waals surface area contributed by atoms with E-state index in [0.29, 0.717) is 5.75 Å². The zero-order valence-electron chi connectivity index (χ0n) is 14.2. The molecule has 0 unspecified atom stereocenters. The van der Waals surface area contributed by atoms with E-state index in [9.17, 15) is 25.2 Å². The predicted octanol–water partition coefficient (Wildman–Crippen LogP) is -1.40. The monoisotopic (exact) mass is 355 g/mol. The number of carbonyl (C=O) groups excluding carboxylic acids is 1. The lowest BCUT2D eigenvalue weighted by molar-refractivity contribution is -0.133. The first-order valence-electron chi connectivity index (χ1n) is 7.70. The van der Waals surface area contributed by atoms with Crippen LogP contribution in [-0.2, 0) is 4.79 Å². The van der Waals surface area contributed by atoms with Crippen LogP contribution in [0, 0.1) is 0 Å². The number of benzene rings is 1. The van der Waals surface area contributed by atoms with Crippen LogP contribution in [0.3, 0.4) is 0 Å². The summed E-state index contributed by atoms with van der Waals surface area (Å²) in [6, 6.07) is 7.05. The fourth-order valence-electron chi connectivity index (χ4n) is 2.05. The minimum Gasteiger partial charge on any atom is -0.497 e. The third-order valence-electron chi connectivity index (χ3n) is 3.70. The summed E-state index contributed by atoms with van der Waals surface area (Å²) in [5.41, 5.74) is 0.782. The number of carbonyl (C=O) groups is 1. The molecule has 140 valence electrons. The molecule has 0 aliphatic carbocycles. The van der Waals surface area contributed by atoms with Gasteiger partial charge in [0.25, 0.3) is 0 Å². The summed E-state index contributed by atoms with van der Waals surface area (Å²) in [7, 11) is 2.98. The molecule has 1 aromatic rings. The van der Waals surface area contributed by atoms with Crippen molar-refractivity contribution in [3.05, 3.63) is 35.9 Å². The maximum absolute atomic E-state index is 12.0. The number of aliphatic hydroxyl groups excluding tert-OH is 5. The quantitative estimate of drug-likeness (QED) is 0.344. The molecule has 0 heterocycles. The molecule has 0 saturated heterocycles. The van der Waals surface area contributed by atoms with Gasteiger partial charge in [-0.3, -0.25) is 4.79 Å². The lowest BCUT2D eigenvalue weighted by Crippen LogP contribution is -2.49. The second-order valence-corrected chi connectivity index (χ2v) is 5.62. The third-order valence-corrected chi connectivity index (χ3v) is 3.70. The van der Waals surface area contributed by atoms with E-state index in [2.05, 4.69) is 0 Å². The number of hydrogen-bond acceptors (Lipinski definition) is 7. The van der Waals surface area contributed by atoms with Gasteiger partial charge >= 0.3 is 0 Å². The van der Waals surface area contributed by atoms with E-state index in [1.807, 2.05) is 0 Å². The number of amides is 1. The second kappa shape index (κ2) is 10.1. The first kappa shape index (κ1) is 21.1. The third kappa shape index (κ3) is 6.45. The fraction of sp³-hybridized carbons (Fsp3) is 0.471. The SMILES string of the molecule is COc1ccc(/C=C/C(=O)N(C)C[C@H](O)[C@@H](O)[C@H](O)[C@H](O)CO)cc1. The van der Waals surface area contributed by atoms with E-state index in [0.717, 1.165) is 10.5 Å². The number of hydrogen-bond donors (Lipinski definition) is 5. The predicted molar refractivity (Wildman–Crippen MR) is 90.8 cm³/mol. The summed E-state index contributed by atoms with van der Waals surface area (Å²) in [5.74, 6) is 0.278. The summed E-state index contributed by atoms with van der Waals surface area (Å²) >= 11 is 0. The van der Waals surface area contributed by atoms with Gasteiger partial charge in [-0.15, -0.1) is 0 Å². The molecule has 0 fully saturated rings. The van der Waals surface area contributed by atoms with E-state index in [1.54, 1.807) is 37.5 Å². The Morgan fingerprint density at radius 2 is 1.68 bits per heavy atom. The molecular formula is C17H25NO7. The zero-order chi connectivity index (χ0) is 19.0. The number of likely N-dealkylation sites (N-methyl/N-ethyl adjacent to an activating group) is 1. The fourth-order valence-corrected chi connectivity index (χ4v) is 2.05.